The largest absolute Gasteiger partial charge is 0.493 e. The maximum absolute atomic E-state index is 5.56. The van der Waals surface area contributed by atoms with E-state index >= 15 is 0 Å². The first-order chi connectivity index (χ1) is 9.36. The summed E-state index contributed by atoms with van der Waals surface area (Å²) < 4.78 is 5.56. The zero-order valence-electron chi connectivity index (χ0n) is 12.0. The molecular formula is C17H25NO. The van der Waals surface area contributed by atoms with Gasteiger partial charge < -0.3 is 10.1 Å². The van der Waals surface area contributed by atoms with Gasteiger partial charge in [0.25, 0.3) is 0 Å². The lowest BCUT2D eigenvalue weighted by molar-refractivity contribution is 0.161. The fraction of sp³-hybridized carbons (Fsp3) is 0.647. The van der Waals surface area contributed by atoms with Gasteiger partial charge in [-0.25, -0.2) is 0 Å². The van der Waals surface area contributed by atoms with Crippen LogP contribution < -0.4 is 10.1 Å². The SMILES string of the molecule is CCNCC1CCC1CCc1ccc2c(c1)CCO2. The first-order valence-corrected chi connectivity index (χ1v) is 7.82. The van der Waals surface area contributed by atoms with E-state index in [1.165, 1.54) is 43.4 Å². The Morgan fingerprint density at radius 1 is 1.26 bits per heavy atom. The van der Waals surface area contributed by atoms with Gasteiger partial charge in [-0.15, -0.1) is 0 Å². The summed E-state index contributed by atoms with van der Waals surface area (Å²) in [6.07, 6.45) is 6.55. The van der Waals surface area contributed by atoms with Gasteiger partial charge in [-0.2, -0.15) is 0 Å². The van der Waals surface area contributed by atoms with Gasteiger partial charge in [-0.05, 0) is 67.8 Å². The van der Waals surface area contributed by atoms with E-state index in [1.807, 2.05) is 0 Å². The number of hydrogen-bond donors (Lipinski definition) is 1. The molecule has 2 nitrogen and oxygen atoms in total. The molecule has 2 aliphatic rings. The molecule has 1 aliphatic carbocycles. The van der Waals surface area contributed by atoms with E-state index in [-0.39, 0.29) is 0 Å². The summed E-state index contributed by atoms with van der Waals surface area (Å²) in [6, 6.07) is 6.77. The van der Waals surface area contributed by atoms with E-state index in [4.69, 9.17) is 4.74 Å². The molecule has 3 rings (SSSR count). The van der Waals surface area contributed by atoms with Crippen LogP contribution in [0.3, 0.4) is 0 Å². The second kappa shape index (κ2) is 5.96. The third-order valence-electron chi connectivity index (χ3n) is 4.79. The summed E-state index contributed by atoms with van der Waals surface area (Å²) in [5.41, 5.74) is 2.91. The predicted octanol–water partition coefficient (Wildman–Crippen LogP) is 3.19. The molecule has 1 aliphatic heterocycles. The summed E-state index contributed by atoms with van der Waals surface area (Å²) in [6.45, 7) is 5.39. The first kappa shape index (κ1) is 13.0. The molecule has 2 atom stereocenters. The Balaban J connectivity index is 1.49. The molecule has 1 fully saturated rings. The third kappa shape index (κ3) is 2.94. The third-order valence-corrected chi connectivity index (χ3v) is 4.79. The Kier molecular flexibility index (Phi) is 4.07. The Morgan fingerprint density at radius 2 is 2.16 bits per heavy atom. The van der Waals surface area contributed by atoms with Crippen molar-refractivity contribution in [3.05, 3.63) is 29.3 Å². The number of aryl methyl sites for hydroxylation is 1. The molecule has 1 N–H and O–H groups in total. The van der Waals surface area contributed by atoms with Crippen molar-refractivity contribution in [2.24, 2.45) is 11.8 Å². The number of benzene rings is 1. The second-order valence-electron chi connectivity index (χ2n) is 5.98. The van der Waals surface area contributed by atoms with Crippen LogP contribution >= 0.6 is 0 Å². The van der Waals surface area contributed by atoms with Crippen molar-refractivity contribution < 1.29 is 4.74 Å². The summed E-state index contributed by atoms with van der Waals surface area (Å²) in [5.74, 6) is 2.98. The van der Waals surface area contributed by atoms with Gasteiger partial charge in [0.2, 0.25) is 0 Å². The smallest absolute Gasteiger partial charge is 0.122 e. The predicted molar refractivity (Wildman–Crippen MR) is 78.7 cm³/mol. The molecule has 1 aromatic carbocycles. The second-order valence-corrected chi connectivity index (χ2v) is 5.98. The zero-order chi connectivity index (χ0) is 13.1. The summed E-state index contributed by atoms with van der Waals surface area (Å²) in [4.78, 5) is 0. The van der Waals surface area contributed by atoms with Crippen LogP contribution in [0.4, 0.5) is 0 Å². The molecule has 0 aromatic heterocycles. The van der Waals surface area contributed by atoms with Crippen molar-refractivity contribution >= 4 is 0 Å². The van der Waals surface area contributed by atoms with Gasteiger partial charge in [0, 0.05) is 6.42 Å². The highest BCUT2D eigenvalue weighted by atomic mass is 16.5. The lowest BCUT2D eigenvalue weighted by atomic mass is 9.71. The molecular weight excluding hydrogens is 234 g/mol. The van der Waals surface area contributed by atoms with E-state index in [2.05, 4.69) is 30.4 Å². The fourth-order valence-corrected chi connectivity index (χ4v) is 3.36. The van der Waals surface area contributed by atoms with Gasteiger partial charge in [-0.3, -0.25) is 0 Å². The first-order valence-electron chi connectivity index (χ1n) is 7.82. The summed E-state index contributed by atoms with van der Waals surface area (Å²) >= 11 is 0. The number of ether oxygens (including phenoxy) is 1. The fourth-order valence-electron chi connectivity index (χ4n) is 3.36. The van der Waals surface area contributed by atoms with Crippen LogP contribution in [0.2, 0.25) is 0 Å². The standard InChI is InChI=1S/C17H25NO/c1-2-18-12-16-7-6-14(16)5-3-13-4-8-17-15(11-13)9-10-19-17/h4,8,11,14,16,18H,2-3,5-7,9-10,12H2,1H3. The molecule has 0 spiro atoms. The average Bonchev–Trinajstić information content (AvgIpc) is 2.85. The van der Waals surface area contributed by atoms with E-state index in [9.17, 15) is 0 Å². The van der Waals surface area contributed by atoms with Crippen molar-refractivity contribution in [1.29, 1.82) is 0 Å². The number of fused-ring (bicyclic) bond motifs is 1. The Morgan fingerprint density at radius 3 is 2.95 bits per heavy atom. The van der Waals surface area contributed by atoms with Crippen LogP contribution in [-0.4, -0.2) is 19.7 Å². The molecule has 2 unspecified atom stereocenters. The molecule has 0 saturated heterocycles. The Hall–Kier alpha value is -1.02. The quantitative estimate of drug-likeness (QED) is 0.847. The van der Waals surface area contributed by atoms with Gasteiger partial charge in [0.05, 0.1) is 6.61 Å². The lowest BCUT2D eigenvalue weighted by Crippen LogP contribution is -2.35. The molecule has 19 heavy (non-hydrogen) atoms. The van der Waals surface area contributed by atoms with Crippen LogP contribution in [0.25, 0.3) is 0 Å². The van der Waals surface area contributed by atoms with Crippen molar-refractivity contribution in [2.75, 3.05) is 19.7 Å². The highest BCUT2D eigenvalue weighted by molar-refractivity contribution is 5.39. The molecule has 0 amide bonds. The van der Waals surface area contributed by atoms with Crippen LogP contribution in [0.1, 0.15) is 37.3 Å². The summed E-state index contributed by atoms with van der Waals surface area (Å²) in [7, 11) is 0. The number of rotatable bonds is 6. The molecule has 0 radical (unpaired) electrons. The molecule has 104 valence electrons. The number of nitrogens with one attached hydrogen (secondary N) is 1. The van der Waals surface area contributed by atoms with Gasteiger partial charge in [0.15, 0.2) is 0 Å². The van der Waals surface area contributed by atoms with Crippen LogP contribution in [0.5, 0.6) is 5.75 Å². The van der Waals surface area contributed by atoms with E-state index < -0.39 is 0 Å². The van der Waals surface area contributed by atoms with E-state index in [0.717, 1.165) is 37.2 Å². The van der Waals surface area contributed by atoms with Gasteiger partial charge in [-0.1, -0.05) is 19.1 Å². The lowest BCUT2D eigenvalue weighted by Gasteiger charge is -2.37. The molecule has 0 bridgehead atoms. The highest BCUT2D eigenvalue weighted by Crippen LogP contribution is 2.37. The minimum atomic E-state index is 0.867. The molecule has 2 heteroatoms. The number of hydrogen-bond acceptors (Lipinski definition) is 2. The van der Waals surface area contributed by atoms with Crippen LogP contribution in [0.15, 0.2) is 18.2 Å². The maximum atomic E-state index is 5.56. The topological polar surface area (TPSA) is 21.3 Å². The minimum absolute atomic E-state index is 0.867. The maximum Gasteiger partial charge on any atom is 0.122 e. The van der Waals surface area contributed by atoms with Crippen molar-refractivity contribution in [2.45, 2.75) is 39.0 Å². The monoisotopic (exact) mass is 259 g/mol. The molecule has 1 heterocycles. The Bertz CT molecular complexity index is 429. The van der Waals surface area contributed by atoms with Crippen LogP contribution in [0, 0.1) is 11.8 Å². The van der Waals surface area contributed by atoms with Crippen LogP contribution in [-0.2, 0) is 12.8 Å². The normalized spacial score (nSPS) is 24.7. The van der Waals surface area contributed by atoms with Crippen molar-refractivity contribution in [3.8, 4) is 5.75 Å². The minimum Gasteiger partial charge on any atom is -0.493 e. The highest BCUT2D eigenvalue weighted by Gasteiger charge is 2.29. The Labute approximate surface area is 116 Å². The van der Waals surface area contributed by atoms with Gasteiger partial charge >= 0.3 is 0 Å². The van der Waals surface area contributed by atoms with Crippen molar-refractivity contribution in [1.82, 2.24) is 5.32 Å². The molecule has 1 saturated carbocycles. The van der Waals surface area contributed by atoms with E-state index in [0.29, 0.717) is 0 Å². The van der Waals surface area contributed by atoms with Crippen molar-refractivity contribution in [3.63, 3.8) is 0 Å². The average molecular weight is 259 g/mol. The van der Waals surface area contributed by atoms with Gasteiger partial charge in [0.1, 0.15) is 5.75 Å². The van der Waals surface area contributed by atoms with E-state index in [1.54, 1.807) is 0 Å². The summed E-state index contributed by atoms with van der Waals surface area (Å²) in [5, 5.41) is 3.50. The zero-order valence-corrected chi connectivity index (χ0v) is 12.0. The molecule has 1 aromatic rings.